The molecule has 3 rings (SSSR count). The normalized spacial score (nSPS) is 10.3. The maximum Gasteiger partial charge on any atom is 0.256 e. The van der Waals surface area contributed by atoms with Gasteiger partial charge in [-0.25, -0.2) is 0 Å². The van der Waals surface area contributed by atoms with Crippen LogP contribution in [0.2, 0.25) is 0 Å². The summed E-state index contributed by atoms with van der Waals surface area (Å²) in [6.07, 6.45) is 3.30. The van der Waals surface area contributed by atoms with E-state index in [-0.39, 0.29) is 5.91 Å². The van der Waals surface area contributed by atoms with Crippen molar-refractivity contribution in [2.75, 3.05) is 5.32 Å². The highest BCUT2D eigenvalue weighted by molar-refractivity contribution is 6.09. The Balaban J connectivity index is 1.92. The zero-order chi connectivity index (χ0) is 13.1. The van der Waals surface area contributed by atoms with Crippen molar-refractivity contribution in [3.8, 4) is 11.1 Å². The maximum absolute atomic E-state index is 12.3. The molecule has 0 aromatic carbocycles. The van der Waals surface area contributed by atoms with Gasteiger partial charge in [-0.15, -0.1) is 0 Å². The Hall–Kier alpha value is -2.68. The molecule has 3 heteroatoms. The van der Waals surface area contributed by atoms with Gasteiger partial charge in [-0.1, -0.05) is 36.4 Å². The fourth-order valence-corrected chi connectivity index (χ4v) is 2.05. The SMILES string of the molecule is O=C(Nc1cccnc1)c1ccc2cccccc1-2. The third kappa shape index (κ3) is 2.31. The summed E-state index contributed by atoms with van der Waals surface area (Å²) in [7, 11) is 0. The Labute approximate surface area is 111 Å². The van der Waals surface area contributed by atoms with Gasteiger partial charge in [-0.05, 0) is 29.3 Å². The number of aromatic nitrogens is 1. The first-order valence-corrected chi connectivity index (χ1v) is 6.04. The first-order chi connectivity index (χ1) is 9.34. The van der Waals surface area contributed by atoms with Crippen molar-refractivity contribution in [3.05, 3.63) is 72.6 Å². The van der Waals surface area contributed by atoms with E-state index in [4.69, 9.17) is 0 Å². The van der Waals surface area contributed by atoms with E-state index < -0.39 is 0 Å². The number of amides is 1. The van der Waals surface area contributed by atoms with Crippen LogP contribution >= 0.6 is 0 Å². The topological polar surface area (TPSA) is 42.0 Å². The molecule has 0 bridgehead atoms. The molecule has 19 heavy (non-hydrogen) atoms. The van der Waals surface area contributed by atoms with Crippen LogP contribution in [-0.4, -0.2) is 10.9 Å². The van der Waals surface area contributed by atoms with Crippen LogP contribution in [0.25, 0.3) is 11.1 Å². The average Bonchev–Trinajstić information content (AvgIpc) is 2.69. The van der Waals surface area contributed by atoms with Crippen molar-refractivity contribution in [3.63, 3.8) is 0 Å². The monoisotopic (exact) mass is 248 g/mol. The fraction of sp³-hybridized carbons (Fsp3) is 0. The second kappa shape index (κ2) is 4.90. The maximum atomic E-state index is 12.3. The van der Waals surface area contributed by atoms with Gasteiger partial charge in [0, 0.05) is 11.8 Å². The Morgan fingerprint density at radius 2 is 1.84 bits per heavy atom. The summed E-state index contributed by atoms with van der Waals surface area (Å²) in [4.78, 5) is 16.2. The standard InChI is InChI=1S/C16H12N2O/c19-16(18-13-6-4-10-17-11-13)15-9-8-12-5-2-1-3-7-14(12)15/h1-11H,(H,18,19). The second-order valence-electron chi connectivity index (χ2n) is 4.22. The van der Waals surface area contributed by atoms with Gasteiger partial charge in [0.05, 0.1) is 11.9 Å². The molecular weight excluding hydrogens is 236 g/mol. The molecule has 1 amide bonds. The number of nitrogens with zero attached hydrogens (tertiary/aromatic N) is 1. The molecule has 1 aromatic heterocycles. The van der Waals surface area contributed by atoms with Crippen molar-refractivity contribution < 1.29 is 4.79 Å². The molecule has 0 saturated heterocycles. The van der Waals surface area contributed by atoms with Gasteiger partial charge in [0.15, 0.2) is 0 Å². The highest BCUT2D eigenvalue weighted by atomic mass is 16.1. The molecule has 1 heterocycles. The minimum atomic E-state index is -0.116. The molecule has 0 atom stereocenters. The summed E-state index contributed by atoms with van der Waals surface area (Å²) < 4.78 is 0. The first-order valence-electron chi connectivity index (χ1n) is 6.04. The largest absolute Gasteiger partial charge is 0.321 e. The summed E-state index contributed by atoms with van der Waals surface area (Å²) >= 11 is 0. The van der Waals surface area contributed by atoms with E-state index in [1.807, 2.05) is 48.5 Å². The number of rotatable bonds is 2. The molecule has 0 spiro atoms. The third-order valence-corrected chi connectivity index (χ3v) is 2.96. The molecule has 0 radical (unpaired) electrons. The summed E-state index contributed by atoms with van der Waals surface area (Å²) in [6.45, 7) is 0. The van der Waals surface area contributed by atoms with Gasteiger partial charge >= 0.3 is 0 Å². The van der Waals surface area contributed by atoms with Crippen LogP contribution in [0.1, 0.15) is 10.4 Å². The van der Waals surface area contributed by atoms with E-state index in [0.29, 0.717) is 11.3 Å². The zero-order valence-corrected chi connectivity index (χ0v) is 10.2. The van der Waals surface area contributed by atoms with Crippen LogP contribution in [0.4, 0.5) is 5.69 Å². The summed E-state index contributed by atoms with van der Waals surface area (Å²) in [5.41, 5.74) is 3.38. The third-order valence-electron chi connectivity index (χ3n) is 2.96. The molecule has 1 N–H and O–H groups in total. The fourth-order valence-electron chi connectivity index (χ4n) is 2.05. The lowest BCUT2D eigenvalue weighted by molar-refractivity contribution is 0.102. The quantitative estimate of drug-likeness (QED) is 0.754. The Bertz CT molecular complexity index is 679. The smallest absolute Gasteiger partial charge is 0.256 e. The van der Waals surface area contributed by atoms with Gasteiger partial charge in [-0.2, -0.15) is 0 Å². The van der Waals surface area contributed by atoms with E-state index in [1.165, 1.54) is 0 Å². The summed E-state index contributed by atoms with van der Waals surface area (Å²) in [5.74, 6) is -0.116. The van der Waals surface area contributed by atoms with Gasteiger partial charge in [0.2, 0.25) is 0 Å². The van der Waals surface area contributed by atoms with Crippen molar-refractivity contribution >= 4 is 11.6 Å². The van der Waals surface area contributed by atoms with Crippen LogP contribution in [0.15, 0.2) is 67.0 Å². The molecule has 0 fully saturated rings. The van der Waals surface area contributed by atoms with Crippen molar-refractivity contribution in [2.45, 2.75) is 0 Å². The van der Waals surface area contributed by atoms with Gasteiger partial charge < -0.3 is 5.32 Å². The van der Waals surface area contributed by atoms with E-state index >= 15 is 0 Å². The number of carbonyl (C=O) groups excluding carboxylic acids is 1. The number of carbonyl (C=O) groups is 1. The summed E-state index contributed by atoms with van der Waals surface area (Å²) in [5, 5.41) is 2.85. The number of hydrogen-bond acceptors (Lipinski definition) is 2. The molecule has 2 aliphatic carbocycles. The number of nitrogens with one attached hydrogen (secondary N) is 1. The molecule has 3 nitrogen and oxygen atoms in total. The van der Waals surface area contributed by atoms with Crippen molar-refractivity contribution in [1.29, 1.82) is 0 Å². The van der Waals surface area contributed by atoms with Gasteiger partial charge in [0.25, 0.3) is 5.91 Å². The minimum absolute atomic E-state index is 0.116. The van der Waals surface area contributed by atoms with E-state index in [0.717, 1.165) is 11.1 Å². The van der Waals surface area contributed by atoms with Crippen LogP contribution in [0, 0.1) is 0 Å². The number of hydrogen-bond donors (Lipinski definition) is 1. The predicted molar refractivity (Wildman–Crippen MR) is 75.3 cm³/mol. The minimum Gasteiger partial charge on any atom is -0.321 e. The lowest BCUT2D eigenvalue weighted by Crippen LogP contribution is -2.11. The number of pyridine rings is 1. The van der Waals surface area contributed by atoms with Crippen molar-refractivity contribution in [2.24, 2.45) is 0 Å². The molecular formula is C16H12N2O. The molecule has 0 saturated carbocycles. The van der Waals surface area contributed by atoms with Crippen LogP contribution in [-0.2, 0) is 0 Å². The highest BCUT2D eigenvalue weighted by Crippen LogP contribution is 2.27. The van der Waals surface area contributed by atoms with Crippen LogP contribution in [0.3, 0.4) is 0 Å². The Morgan fingerprint density at radius 3 is 2.68 bits per heavy atom. The van der Waals surface area contributed by atoms with Gasteiger partial charge in [-0.3, -0.25) is 9.78 Å². The van der Waals surface area contributed by atoms with Crippen LogP contribution in [0.5, 0.6) is 0 Å². The lowest BCUT2D eigenvalue weighted by atomic mass is 10.1. The predicted octanol–water partition coefficient (Wildman–Crippen LogP) is 3.44. The molecule has 2 aliphatic rings. The number of fused-ring (bicyclic) bond motifs is 1. The second-order valence-corrected chi connectivity index (χ2v) is 4.22. The molecule has 0 aliphatic heterocycles. The molecule has 0 unspecified atom stereocenters. The number of anilines is 1. The van der Waals surface area contributed by atoms with E-state index in [1.54, 1.807) is 18.5 Å². The Morgan fingerprint density at radius 1 is 0.947 bits per heavy atom. The summed E-state index contributed by atoms with van der Waals surface area (Å²) in [6, 6.07) is 17.2. The van der Waals surface area contributed by atoms with Crippen molar-refractivity contribution in [1.82, 2.24) is 4.98 Å². The molecule has 1 aromatic rings. The first kappa shape index (κ1) is 11.4. The average molecular weight is 248 g/mol. The van der Waals surface area contributed by atoms with E-state index in [2.05, 4.69) is 10.3 Å². The zero-order valence-electron chi connectivity index (χ0n) is 10.2. The lowest BCUT2D eigenvalue weighted by Gasteiger charge is -2.04. The molecule has 92 valence electrons. The van der Waals surface area contributed by atoms with Crippen LogP contribution < -0.4 is 5.32 Å². The van der Waals surface area contributed by atoms with E-state index in [9.17, 15) is 4.79 Å². The Kier molecular flexibility index (Phi) is 2.94. The van der Waals surface area contributed by atoms with Gasteiger partial charge in [0.1, 0.15) is 0 Å². The highest BCUT2D eigenvalue weighted by Gasteiger charge is 2.14.